The van der Waals surface area contributed by atoms with Crippen molar-refractivity contribution in [3.8, 4) is 0 Å². The summed E-state index contributed by atoms with van der Waals surface area (Å²) in [5.74, 6) is 0. The molecule has 20 heavy (non-hydrogen) atoms. The van der Waals surface area contributed by atoms with E-state index in [1.54, 1.807) is 0 Å². The van der Waals surface area contributed by atoms with Crippen molar-refractivity contribution in [1.29, 1.82) is 0 Å². The highest BCUT2D eigenvalue weighted by atomic mass is 32.1. The lowest BCUT2D eigenvalue weighted by Gasteiger charge is -2.23. The molecule has 1 saturated carbocycles. The molecule has 0 atom stereocenters. The molecule has 0 aliphatic heterocycles. The maximum Gasteiger partial charge on any atom is 0.187 e. The van der Waals surface area contributed by atoms with Gasteiger partial charge in [-0.1, -0.05) is 19.3 Å². The molecule has 0 unspecified atom stereocenters. The lowest BCUT2D eigenvalue weighted by atomic mass is 9.96. The first-order chi connectivity index (χ1) is 9.58. The average Bonchev–Trinajstić information content (AvgIpc) is 2.77. The minimum Gasteiger partial charge on any atom is -0.364 e. The number of nitrogens with one attached hydrogen (secondary N) is 3. The van der Waals surface area contributed by atoms with Crippen molar-refractivity contribution in [2.75, 3.05) is 0 Å². The predicted octanol–water partition coefficient (Wildman–Crippen LogP) is 3.15. The second-order valence-electron chi connectivity index (χ2n) is 5.59. The number of hydrazone groups is 1. The van der Waals surface area contributed by atoms with Gasteiger partial charge in [-0.2, -0.15) is 5.10 Å². The SMILES string of the molecule is C/C(=N\NC(=S)NC1CCCCC1)c1c(C)c[nH]c1C. The van der Waals surface area contributed by atoms with Gasteiger partial charge in [0.15, 0.2) is 5.11 Å². The Morgan fingerprint density at radius 1 is 1.30 bits per heavy atom. The van der Waals surface area contributed by atoms with E-state index in [-0.39, 0.29) is 0 Å². The lowest BCUT2D eigenvalue weighted by molar-refractivity contribution is 0.412. The molecule has 3 N–H and O–H groups in total. The van der Waals surface area contributed by atoms with E-state index >= 15 is 0 Å². The summed E-state index contributed by atoms with van der Waals surface area (Å²) in [5.41, 5.74) is 7.43. The summed E-state index contributed by atoms with van der Waals surface area (Å²) in [6.45, 7) is 6.13. The van der Waals surface area contributed by atoms with Crippen molar-refractivity contribution in [2.24, 2.45) is 5.10 Å². The number of aromatic nitrogens is 1. The first kappa shape index (κ1) is 15.0. The minimum atomic E-state index is 0.509. The first-order valence-corrected chi connectivity index (χ1v) is 7.74. The molecule has 4 nitrogen and oxygen atoms in total. The zero-order valence-electron chi connectivity index (χ0n) is 12.5. The number of thiocarbonyl (C=S) groups is 1. The summed E-state index contributed by atoms with van der Waals surface area (Å²) in [6, 6.07) is 0.509. The van der Waals surface area contributed by atoms with E-state index in [2.05, 4.69) is 34.7 Å². The van der Waals surface area contributed by atoms with E-state index in [0.29, 0.717) is 11.2 Å². The van der Waals surface area contributed by atoms with Crippen molar-refractivity contribution in [3.63, 3.8) is 0 Å². The number of hydrogen-bond acceptors (Lipinski definition) is 2. The van der Waals surface area contributed by atoms with Crippen LogP contribution in [0.25, 0.3) is 0 Å². The van der Waals surface area contributed by atoms with Gasteiger partial charge < -0.3 is 10.3 Å². The number of aryl methyl sites for hydroxylation is 2. The van der Waals surface area contributed by atoms with Crippen molar-refractivity contribution >= 4 is 23.0 Å². The fraction of sp³-hybridized carbons (Fsp3) is 0.600. The number of aromatic amines is 1. The quantitative estimate of drug-likeness (QED) is 0.456. The second-order valence-corrected chi connectivity index (χ2v) is 6.00. The van der Waals surface area contributed by atoms with Gasteiger partial charge in [-0.25, -0.2) is 0 Å². The summed E-state index contributed by atoms with van der Waals surface area (Å²) in [6.07, 6.45) is 8.36. The van der Waals surface area contributed by atoms with Crippen LogP contribution in [0, 0.1) is 13.8 Å². The second kappa shape index (κ2) is 6.88. The lowest BCUT2D eigenvalue weighted by Crippen LogP contribution is -2.41. The molecular formula is C15H24N4S. The molecule has 0 spiro atoms. The van der Waals surface area contributed by atoms with E-state index in [1.807, 2.05) is 13.1 Å². The molecule has 1 fully saturated rings. The van der Waals surface area contributed by atoms with Crippen LogP contribution in [0.2, 0.25) is 0 Å². The summed E-state index contributed by atoms with van der Waals surface area (Å²) < 4.78 is 0. The van der Waals surface area contributed by atoms with Crippen LogP contribution in [-0.2, 0) is 0 Å². The molecule has 0 aromatic carbocycles. The zero-order chi connectivity index (χ0) is 14.5. The Hall–Kier alpha value is -1.36. The standard InChI is InChI=1S/C15H24N4S/c1-10-9-16-11(2)14(10)12(3)18-19-15(20)17-13-7-5-4-6-8-13/h9,13,16H,4-8H2,1-3H3,(H2,17,19,20)/b18-12+. The van der Waals surface area contributed by atoms with Crippen LogP contribution in [0.15, 0.2) is 11.3 Å². The smallest absolute Gasteiger partial charge is 0.187 e. The molecular weight excluding hydrogens is 268 g/mol. The maximum absolute atomic E-state index is 5.31. The Morgan fingerprint density at radius 2 is 2.00 bits per heavy atom. The van der Waals surface area contributed by atoms with Crippen LogP contribution in [0.3, 0.4) is 0 Å². The van der Waals surface area contributed by atoms with E-state index in [0.717, 1.165) is 17.0 Å². The summed E-state index contributed by atoms with van der Waals surface area (Å²) in [4.78, 5) is 3.21. The predicted molar refractivity (Wildman–Crippen MR) is 88.2 cm³/mol. The van der Waals surface area contributed by atoms with E-state index in [4.69, 9.17) is 12.2 Å². The van der Waals surface area contributed by atoms with Crippen molar-refractivity contribution < 1.29 is 0 Å². The van der Waals surface area contributed by atoms with Gasteiger partial charge >= 0.3 is 0 Å². The highest BCUT2D eigenvalue weighted by Crippen LogP contribution is 2.17. The van der Waals surface area contributed by atoms with Crippen molar-refractivity contribution in [3.05, 3.63) is 23.0 Å². The fourth-order valence-corrected chi connectivity index (χ4v) is 3.08. The van der Waals surface area contributed by atoms with E-state index in [1.165, 1.54) is 37.7 Å². The van der Waals surface area contributed by atoms with Gasteiger partial charge in [-0.3, -0.25) is 5.43 Å². The summed E-state index contributed by atoms with van der Waals surface area (Å²) in [7, 11) is 0. The Bertz CT molecular complexity index is 478. The zero-order valence-corrected chi connectivity index (χ0v) is 13.4. The molecule has 5 heteroatoms. The summed E-state index contributed by atoms with van der Waals surface area (Å²) >= 11 is 5.31. The molecule has 1 aromatic heterocycles. The average molecular weight is 292 g/mol. The van der Waals surface area contributed by atoms with Crippen molar-refractivity contribution in [1.82, 2.24) is 15.7 Å². The van der Waals surface area contributed by atoms with Crippen molar-refractivity contribution in [2.45, 2.75) is 58.9 Å². The van der Waals surface area contributed by atoms with Gasteiger partial charge in [0.2, 0.25) is 0 Å². The normalized spacial score (nSPS) is 17.1. The molecule has 1 aliphatic rings. The Labute approximate surface area is 126 Å². The molecule has 2 rings (SSSR count). The van der Waals surface area contributed by atoms with Crippen LogP contribution in [-0.4, -0.2) is 21.8 Å². The molecule has 1 heterocycles. The van der Waals surface area contributed by atoms with E-state index in [9.17, 15) is 0 Å². The third-order valence-corrected chi connectivity index (χ3v) is 4.11. The molecule has 110 valence electrons. The molecule has 1 aliphatic carbocycles. The third-order valence-electron chi connectivity index (χ3n) is 3.90. The van der Waals surface area contributed by atoms with Crippen LogP contribution in [0.4, 0.5) is 0 Å². The van der Waals surface area contributed by atoms with Gasteiger partial charge in [0.1, 0.15) is 0 Å². The molecule has 0 amide bonds. The van der Waals surface area contributed by atoms with Gasteiger partial charge in [0.05, 0.1) is 5.71 Å². The number of nitrogens with zero attached hydrogens (tertiary/aromatic N) is 1. The molecule has 0 radical (unpaired) electrons. The monoisotopic (exact) mass is 292 g/mol. The summed E-state index contributed by atoms with van der Waals surface area (Å²) in [5, 5.41) is 8.38. The first-order valence-electron chi connectivity index (χ1n) is 7.33. The number of hydrogen-bond donors (Lipinski definition) is 3. The highest BCUT2D eigenvalue weighted by Gasteiger charge is 2.14. The molecule has 0 saturated heterocycles. The van der Waals surface area contributed by atoms with E-state index < -0.39 is 0 Å². The Kier molecular flexibility index (Phi) is 5.17. The number of rotatable bonds is 3. The van der Waals surface area contributed by atoms with Crippen LogP contribution >= 0.6 is 12.2 Å². The van der Waals surface area contributed by atoms with Gasteiger partial charge in [-0.05, 0) is 51.4 Å². The fourth-order valence-electron chi connectivity index (χ4n) is 2.87. The van der Waals surface area contributed by atoms with Crippen LogP contribution in [0.1, 0.15) is 55.8 Å². The molecule has 1 aromatic rings. The Balaban J connectivity index is 1.89. The third kappa shape index (κ3) is 3.82. The van der Waals surface area contributed by atoms with Gasteiger partial charge in [-0.15, -0.1) is 0 Å². The van der Waals surface area contributed by atoms with Crippen LogP contribution in [0.5, 0.6) is 0 Å². The largest absolute Gasteiger partial charge is 0.364 e. The highest BCUT2D eigenvalue weighted by molar-refractivity contribution is 7.80. The van der Waals surface area contributed by atoms with Crippen LogP contribution < -0.4 is 10.7 Å². The van der Waals surface area contributed by atoms with Gasteiger partial charge in [0.25, 0.3) is 0 Å². The maximum atomic E-state index is 5.31. The Morgan fingerprint density at radius 3 is 2.60 bits per heavy atom. The van der Waals surface area contributed by atoms with Gasteiger partial charge in [0, 0.05) is 23.5 Å². The topological polar surface area (TPSA) is 52.2 Å². The minimum absolute atomic E-state index is 0.509. The number of H-pyrrole nitrogens is 1. The molecule has 0 bridgehead atoms.